The topological polar surface area (TPSA) is 34.0 Å². The number of nitrogens with zero attached hydrogens (tertiary/aromatic N) is 1. The zero-order valence-corrected chi connectivity index (χ0v) is 12.4. The van der Waals surface area contributed by atoms with Gasteiger partial charge < -0.3 is 9.88 Å². The molecule has 0 aliphatic heterocycles. The van der Waals surface area contributed by atoms with Crippen molar-refractivity contribution in [3.63, 3.8) is 0 Å². The molecule has 3 nitrogen and oxygen atoms in total. The van der Waals surface area contributed by atoms with Crippen LogP contribution in [0.3, 0.4) is 0 Å². The SMILES string of the molecule is Cc1cc(Br)cn(CCCCNC(C)C)c1=O. The molecule has 1 rings (SSSR count). The van der Waals surface area contributed by atoms with Crippen LogP contribution in [0.1, 0.15) is 32.3 Å². The molecule has 0 spiro atoms. The molecule has 0 radical (unpaired) electrons. The van der Waals surface area contributed by atoms with Gasteiger partial charge in [-0.05, 0) is 48.3 Å². The van der Waals surface area contributed by atoms with E-state index in [4.69, 9.17) is 0 Å². The molecular weight excluding hydrogens is 280 g/mol. The first kappa shape index (κ1) is 14.5. The molecule has 0 aliphatic rings. The van der Waals surface area contributed by atoms with Crippen molar-refractivity contribution in [1.82, 2.24) is 9.88 Å². The van der Waals surface area contributed by atoms with Crippen LogP contribution in [-0.2, 0) is 6.54 Å². The summed E-state index contributed by atoms with van der Waals surface area (Å²) in [7, 11) is 0. The second kappa shape index (κ2) is 6.97. The normalized spacial score (nSPS) is 11.1. The molecule has 1 aromatic heterocycles. The highest BCUT2D eigenvalue weighted by Gasteiger charge is 2.01. The molecule has 0 atom stereocenters. The highest BCUT2D eigenvalue weighted by molar-refractivity contribution is 9.10. The number of aryl methyl sites for hydroxylation is 2. The lowest BCUT2D eigenvalue weighted by Crippen LogP contribution is -2.25. The first-order valence-corrected chi connectivity index (χ1v) is 6.90. The quantitative estimate of drug-likeness (QED) is 0.820. The van der Waals surface area contributed by atoms with Gasteiger partial charge in [-0.25, -0.2) is 0 Å². The molecule has 0 unspecified atom stereocenters. The van der Waals surface area contributed by atoms with E-state index in [0.717, 1.165) is 36.0 Å². The zero-order chi connectivity index (χ0) is 12.8. The van der Waals surface area contributed by atoms with Gasteiger partial charge in [0.1, 0.15) is 0 Å². The number of rotatable bonds is 6. The average Bonchev–Trinajstić information content (AvgIpc) is 2.23. The van der Waals surface area contributed by atoms with Crippen molar-refractivity contribution in [2.75, 3.05) is 6.54 Å². The Morgan fingerprint density at radius 3 is 2.76 bits per heavy atom. The number of hydrogen-bond donors (Lipinski definition) is 1. The molecule has 0 amide bonds. The van der Waals surface area contributed by atoms with E-state index >= 15 is 0 Å². The van der Waals surface area contributed by atoms with Gasteiger partial charge in [-0.3, -0.25) is 4.79 Å². The summed E-state index contributed by atoms with van der Waals surface area (Å²) >= 11 is 3.42. The number of pyridine rings is 1. The fraction of sp³-hybridized carbons (Fsp3) is 0.615. The van der Waals surface area contributed by atoms with E-state index in [1.165, 1.54) is 0 Å². The van der Waals surface area contributed by atoms with Crippen molar-refractivity contribution in [3.05, 3.63) is 32.7 Å². The van der Waals surface area contributed by atoms with Gasteiger partial charge in [0.25, 0.3) is 5.56 Å². The third-order valence-electron chi connectivity index (χ3n) is 2.61. The number of halogens is 1. The van der Waals surface area contributed by atoms with E-state index in [2.05, 4.69) is 35.1 Å². The van der Waals surface area contributed by atoms with Gasteiger partial charge in [-0.2, -0.15) is 0 Å². The minimum Gasteiger partial charge on any atom is -0.315 e. The van der Waals surface area contributed by atoms with E-state index < -0.39 is 0 Å². The summed E-state index contributed by atoms with van der Waals surface area (Å²) in [4.78, 5) is 11.8. The fourth-order valence-corrected chi connectivity index (χ4v) is 2.29. The molecule has 0 fully saturated rings. The predicted molar refractivity (Wildman–Crippen MR) is 75.5 cm³/mol. The monoisotopic (exact) mass is 300 g/mol. The molecule has 0 bridgehead atoms. The molecule has 4 heteroatoms. The van der Waals surface area contributed by atoms with Crippen LogP contribution in [0.2, 0.25) is 0 Å². The molecule has 0 saturated heterocycles. The highest BCUT2D eigenvalue weighted by atomic mass is 79.9. The maximum Gasteiger partial charge on any atom is 0.253 e. The van der Waals surface area contributed by atoms with Crippen molar-refractivity contribution in [3.8, 4) is 0 Å². The van der Waals surface area contributed by atoms with Crippen LogP contribution in [0.15, 0.2) is 21.5 Å². The lowest BCUT2D eigenvalue weighted by molar-refractivity contribution is 0.525. The van der Waals surface area contributed by atoms with Crippen LogP contribution < -0.4 is 10.9 Å². The summed E-state index contributed by atoms with van der Waals surface area (Å²) < 4.78 is 2.75. The maximum absolute atomic E-state index is 11.8. The predicted octanol–water partition coefficient (Wildman–Crippen LogP) is 2.70. The second-order valence-corrected chi connectivity index (χ2v) is 5.57. The van der Waals surface area contributed by atoms with Gasteiger partial charge in [-0.1, -0.05) is 13.8 Å². The van der Waals surface area contributed by atoms with Gasteiger partial charge in [0.05, 0.1) is 0 Å². The summed E-state index contributed by atoms with van der Waals surface area (Å²) in [6, 6.07) is 2.39. The minimum atomic E-state index is 0.116. The standard InChI is InChI=1S/C13H21BrN2O/c1-10(2)15-6-4-5-7-16-9-12(14)8-11(3)13(16)17/h8-10,15H,4-7H2,1-3H3. The van der Waals surface area contributed by atoms with Gasteiger partial charge in [-0.15, -0.1) is 0 Å². The Morgan fingerprint density at radius 1 is 1.41 bits per heavy atom. The van der Waals surface area contributed by atoms with Crippen molar-refractivity contribution in [1.29, 1.82) is 0 Å². The van der Waals surface area contributed by atoms with Gasteiger partial charge in [0.15, 0.2) is 0 Å². The average molecular weight is 301 g/mol. The van der Waals surface area contributed by atoms with Crippen LogP contribution in [0.5, 0.6) is 0 Å². The highest BCUT2D eigenvalue weighted by Crippen LogP contribution is 2.08. The van der Waals surface area contributed by atoms with Crippen LogP contribution in [-0.4, -0.2) is 17.2 Å². The minimum absolute atomic E-state index is 0.116. The molecule has 1 heterocycles. The van der Waals surface area contributed by atoms with Gasteiger partial charge in [0.2, 0.25) is 0 Å². The number of unbranched alkanes of at least 4 members (excludes halogenated alkanes) is 1. The third-order valence-corrected chi connectivity index (χ3v) is 3.04. The molecule has 0 saturated carbocycles. The first-order valence-electron chi connectivity index (χ1n) is 6.10. The van der Waals surface area contributed by atoms with E-state index in [9.17, 15) is 4.79 Å². The van der Waals surface area contributed by atoms with E-state index in [-0.39, 0.29) is 5.56 Å². The lowest BCUT2D eigenvalue weighted by Gasteiger charge is -2.09. The van der Waals surface area contributed by atoms with Crippen LogP contribution in [0.4, 0.5) is 0 Å². The van der Waals surface area contributed by atoms with Crippen molar-refractivity contribution in [2.45, 2.75) is 46.2 Å². The number of aromatic nitrogens is 1. The Labute approximate surface area is 111 Å². The largest absolute Gasteiger partial charge is 0.315 e. The van der Waals surface area contributed by atoms with Crippen LogP contribution >= 0.6 is 15.9 Å². The zero-order valence-electron chi connectivity index (χ0n) is 10.8. The molecule has 96 valence electrons. The van der Waals surface area contributed by atoms with E-state index in [1.54, 1.807) is 4.57 Å². The van der Waals surface area contributed by atoms with Gasteiger partial charge in [0, 0.05) is 28.8 Å². The summed E-state index contributed by atoms with van der Waals surface area (Å²) in [5.74, 6) is 0. The Kier molecular flexibility index (Phi) is 5.92. The smallest absolute Gasteiger partial charge is 0.253 e. The summed E-state index contributed by atoms with van der Waals surface area (Å²) in [6.45, 7) is 7.94. The Hall–Kier alpha value is -0.610. The molecule has 0 aliphatic carbocycles. The van der Waals surface area contributed by atoms with E-state index in [0.29, 0.717) is 6.04 Å². The molecule has 1 aromatic rings. The van der Waals surface area contributed by atoms with Crippen LogP contribution in [0, 0.1) is 6.92 Å². The fourth-order valence-electron chi connectivity index (χ4n) is 1.70. The maximum atomic E-state index is 11.8. The Balaban J connectivity index is 2.44. The molecule has 17 heavy (non-hydrogen) atoms. The Bertz CT molecular complexity index is 412. The number of hydrogen-bond acceptors (Lipinski definition) is 2. The van der Waals surface area contributed by atoms with Gasteiger partial charge >= 0.3 is 0 Å². The Morgan fingerprint density at radius 2 is 2.12 bits per heavy atom. The lowest BCUT2D eigenvalue weighted by atomic mass is 10.2. The van der Waals surface area contributed by atoms with Crippen molar-refractivity contribution >= 4 is 15.9 Å². The van der Waals surface area contributed by atoms with Crippen LogP contribution in [0.25, 0.3) is 0 Å². The summed E-state index contributed by atoms with van der Waals surface area (Å²) in [6.07, 6.45) is 3.98. The summed E-state index contributed by atoms with van der Waals surface area (Å²) in [5, 5.41) is 3.37. The molecular formula is C13H21BrN2O. The summed E-state index contributed by atoms with van der Waals surface area (Å²) in [5.41, 5.74) is 0.907. The van der Waals surface area contributed by atoms with Crippen molar-refractivity contribution < 1.29 is 0 Å². The first-order chi connectivity index (χ1) is 8.00. The second-order valence-electron chi connectivity index (χ2n) is 4.66. The molecule has 1 N–H and O–H groups in total. The third kappa shape index (κ3) is 5.04. The van der Waals surface area contributed by atoms with Crippen molar-refractivity contribution in [2.24, 2.45) is 0 Å². The number of nitrogens with one attached hydrogen (secondary N) is 1. The van der Waals surface area contributed by atoms with E-state index in [1.807, 2.05) is 19.2 Å². The molecule has 0 aromatic carbocycles.